The molecule has 0 spiro atoms. The van der Waals surface area contributed by atoms with Crippen molar-refractivity contribution in [1.29, 1.82) is 0 Å². The molecule has 0 aliphatic carbocycles. The first kappa shape index (κ1) is 27.7. The molecule has 4 rings (SSSR count). The fraction of sp³-hybridized carbons (Fsp3) is 0.115. The van der Waals surface area contributed by atoms with Crippen molar-refractivity contribution in [3.8, 4) is 11.5 Å². The van der Waals surface area contributed by atoms with E-state index in [4.69, 9.17) is 8.92 Å². The number of carbonyl (C=O) groups is 3. The zero-order chi connectivity index (χ0) is 27.4. The van der Waals surface area contributed by atoms with Gasteiger partial charge in [-0.3, -0.25) is 19.3 Å². The van der Waals surface area contributed by atoms with Crippen molar-refractivity contribution in [1.82, 2.24) is 4.90 Å². The number of nitrogens with one attached hydrogen (secondary N) is 1. The third kappa shape index (κ3) is 6.37. The fourth-order valence-electron chi connectivity index (χ4n) is 3.51. The van der Waals surface area contributed by atoms with Gasteiger partial charge in [0.15, 0.2) is 11.5 Å². The Balaban J connectivity index is 1.62. The molecule has 3 aromatic carbocycles. The summed E-state index contributed by atoms with van der Waals surface area (Å²) in [7, 11) is -2.96. The SMILES string of the molecule is COc1cccc(/C=C2\SC(=O)N(Cc3ccc(I)cc3)C2=O)c1OS(=O)(=O)c1ccc(NC(C)=O)cc1. The highest BCUT2D eigenvalue weighted by Gasteiger charge is 2.35. The van der Waals surface area contributed by atoms with E-state index < -0.39 is 21.3 Å². The van der Waals surface area contributed by atoms with Crippen LogP contribution in [0, 0.1) is 3.57 Å². The van der Waals surface area contributed by atoms with Gasteiger partial charge in [0.05, 0.1) is 18.6 Å². The molecule has 1 aliphatic rings. The first-order valence-electron chi connectivity index (χ1n) is 11.1. The maximum Gasteiger partial charge on any atom is 0.339 e. The zero-order valence-corrected chi connectivity index (χ0v) is 23.9. The van der Waals surface area contributed by atoms with Crippen molar-refractivity contribution in [2.75, 3.05) is 12.4 Å². The molecule has 1 N–H and O–H groups in total. The number of ether oxygens (including phenoxy) is 1. The topological polar surface area (TPSA) is 119 Å². The molecule has 0 bridgehead atoms. The van der Waals surface area contributed by atoms with Gasteiger partial charge in [-0.15, -0.1) is 0 Å². The van der Waals surface area contributed by atoms with E-state index in [1.807, 2.05) is 24.3 Å². The maximum absolute atomic E-state index is 13.1. The largest absolute Gasteiger partial charge is 0.493 e. The summed E-state index contributed by atoms with van der Waals surface area (Å²) in [5.74, 6) is -0.803. The minimum Gasteiger partial charge on any atom is -0.493 e. The Kier molecular flexibility index (Phi) is 8.43. The summed E-state index contributed by atoms with van der Waals surface area (Å²) in [5.41, 5.74) is 1.47. The summed E-state index contributed by atoms with van der Waals surface area (Å²) >= 11 is 2.93. The minimum atomic E-state index is -4.32. The van der Waals surface area contributed by atoms with Crippen LogP contribution in [-0.2, 0) is 26.3 Å². The highest BCUT2D eigenvalue weighted by atomic mass is 127. The molecular formula is C26H21IN2O7S2. The summed E-state index contributed by atoms with van der Waals surface area (Å²) in [5, 5.41) is 2.13. The number of amides is 3. The van der Waals surface area contributed by atoms with Gasteiger partial charge in [0.2, 0.25) is 5.91 Å². The lowest BCUT2D eigenvalue weighted by atomic mass is 10.1. The van der Waals surface area contributed by atoms with E-state index in [-0.39, 0.29) is 39.3 Å². The number of imide groups is 1. The van der Waals surface area contributed by atoms with Gasteiger partial charge < -0.3 is 14.2 Å². The third-order valence-electron chi connectivity index (χ3n) is 5.30. The Morgan fingerprint density at radius 2 is 1.74 bits per heavy atom. The molecule has 3 aromatic rings. The molecule has 0 saturated carbocycles. The molecule has 1 aliphatic heterocycles. The van der Waals surface area contributed by atoms with E-state index in [2.05, 4.69) is 27.9 Å². The van der Waals surface area contributed by atoms with E-state index >= 15 is 0 Å². The summed E-state index contributed by atoms with van der Waals surface area (Å²) in [6.45, 7) is 1.46. The normalized spacial score (nSPS) is 14.6. The van der Waals surface area contributed by atoms with Crippen LogP contribution in [0.1, 0.15) is 18.1 Å². The number of nitrogens with zero attached hydrogens (tertiary/aromatic N) is 1. The van der Waals surface area contributed by atoms with Gasteiger partial charge in [0, 0.05) is 21.7 Å². The van der Waals surface area contributed by atoms with E-state index in [0.29, 0.717) is 5.69 Å². The van der Waals surface area contributed by atoms with Crippen molar-refractivity contribution in [2.45, 2.75) is 18.4 Å². The van der Waals surface area contributed by atoms with Crippen LogP contribution in [-0.4, -0.2) is 37.5 Å². The lowest BCUT2D eigenvalue weighted by Gasteiger charge is -2.14. The van der Waals surface area contributed by atoms with Crippen LogP contribution in [0.2, 0.25) is 0 Å². The molecule has 0 radical (unpaired) electrons. The Morgan fingerprint density at radius 3 is 2.37 bits per heavy atom. The number of carbonyl (C=O) groups excluding carboxylic acids is 3. The van der Waals surface area contributed by atoms with E-state index in [0.717, 1.165) is 25.8 Å². The monoisotopic (exact) mass is 664 g/mol. The molecule has 1 heterocycles. The molecule has 9 nitrogen and oxygen atoms in total. The van der Waals surface area contributed by atoms with Crippen molar-refractivity contribution in [3.63, 3.8) is 0 Å². The Labute approximate surface area is 237 Å². The average Bonchev–Trinajstić information content (AvgIpc) is 3.13. The highest BCUT2D eigenvalue weighted by molar-refractivity contribution is 14.1. The number of para-hydroxylation sites is 1. The fourth-order valence-corrected chi connectivity index (χ4v) is 5.66. The molecule has 1 fully saturated rings. The number of hydrogen-bond donors (Lipinski definition) is 1. The second-order valence-corrected chi connectivity index (χ2v) is 11.8. The third-order valence-corrected chi connectivity index (χ3v) is 8.16. The van der Waals surface area contributed by atoms with Gasteiger partial charge in [-0.1, -0.05) is 24.3 Å². The summed E-state index contributed by atoms with van der Waals surface area (Å²) < 4.78 is 37.9. The number of anilines is 1. The lowest BCUT2D eigenvalue weighted by molar-refractivity contribution is -0.123. The molecule has 0 atom stereocenters. The van der Waals surface area contributed by atoms with Crippen molar-refractivity contribution >= 4 is 73.3 Å². The van der Waals surface area contributed by atoms with Crippen molar-refractivity contribution in [2.24, 2.45) is 0 Å². The summed E-state index contributed by atoms with van der Waals surface area (Å²) in [6.07, 6.45) is 1.41. The van der Waals surface area contributed by atoms with E-state index in [1.54, 1.807) is 12.1 Å². The number of thioether (sulfide) groups is 1. The van der Waals surface area contributed by atoms with Gasteiger partial charge in [-0.2, -0.15) is 8.42 Å². The summed E-state index contributed by atoms with van der Waals surface area (Å²) in [4.78, 5) is 38.0. The van der Waals surface area contributed by atoms with E-state index in [9.17, 15) is 22.8 Å². The average molecular weight is 664 g/mol. The van der Waals surface area contributed by atoms with Crippen LogP contribution in [0.25, 0.3) is 6.08 Å². The quantitative estimate of drug-likeness (QED) is 0.197. The van der Waals surface area contributed by atoms with Crippen LogP contribution >= 0.6 is 34.4 Å². The number of benzene rings is 3. The van der Waals surface area contributed by atoms with Gasteiger partial charge in [-0.05, 0) is 88.5 Å². The molecule has 12 heteroatoms. The van der Waals surface area contributed by atoms with Gasteiger partial charge in [0.1, 0.15) is 4.90 Å². The van der Waals surface area contributed by atoms with Crippen LogP contribution in [0.15, 0.2) is 76.5 Å². The smallest absolute Gasteiger partial charge is 0.339 e. The Bertz CT molecular complexity index is 1540. The van der Waals surface area contributed by atoms with E-state index in [1.165, 1.54) is 50.4 Å². The molecule has 196 valence electrons. The first-order chi connectivity index (χ1) is 18.1. The van der Waals surface area contributed by atoms with Crippen LogP contribution in [0.4, 0.5) is 10.5 Å². The molecule has 1 saturated heterocycles. The van der Waals surface area contributed by atoms with Gasteiger partial charge in [0.25, 0.3) is 11.1 Å². The Hall–Kier alpha value is -3.36. The Morgan fingerprint density at radius 1 is 1.05 bits per heavy atom. The van der Waals surface area contributed by atoms with Crippen LogP contribution in [0.3, 0.4) is 0 Å². The van der Waals surface area contributed by atoms with Gasteiger partial charge in [-0.25, -0.2) is 0 Å². The second kappa shape index (κ2) is 11.6. The lowest BCUT2D eigenvalue weighted by Crippen LogP contribution is -2.27. The zero-order valence-electron chi connectivity index (χ0n) is 20.1. The highest BCUT2D eigenvalue weighted by Crippen LogP contribution is 2.39. The molecule has 3 amide bonds. The van der Waals surface area contributed by atoms with Gasteiger partial charge >= 0.3 is 10.1 Å². The molecule has 0 unspecified atom stereocenters. The minimum absolute atomic E-state index is 0.114. The second-order valence-electron chi connectivity index (χ2n) is 8.02. The predicted octanol–water partition coefficient (Wildman–Crippen LogP) is 5.26. The van der Waals surface area contributed by atoms with Crippen molar-refractivity contribution < 1.29 is 31.7 Å². The summed E-state index contributed by atoms with van der Waals surface area (Å²) in [6, 6.07) is 17.6. The number of methoxy groups -OCH3 is 1. The standard InChI is InChI=1S/C26H21IN2O7S2/c1-16(30)28-20-10-12-21(13-11-20)38(33,34)36-24-18(4-3-5-22(24)35-2)14-23-25(31)29(26(32)37-23)15-17-6-8-19(27)9-7-17/h3-14H,15H2,1-2H3,(H,28,30)/b23-14-. The predicted molar refractivity (Wildman–Crippen MR) is 152 cm³/mol. The van der Waals surface area contributed by atoms with Crippen molar-refractivity contribution in [3.05, 3.63) is 86.3 Å². The number of hydrogen-bond acceptors (Lipinski definition) is 8. The first-order valence-corrected chi connectivity index (χ1v) is 14.4. The number of rotatable bonds is 8. The van der Waals surface area contributed by atoms with Crippen LogP contribution in [0.5, 0.6) is 11.5 Å². The molecule has 38 heavy (non-hydrogen) atoms. The molecule has 0 aromatic heterocycles. The number of halogens is 1. The van der Waals surface area contributed by atoms with Crippen LogP contribution < -0.4 is 14.2 Å². The maximum atomic E-state index is 13.1. The molecular weight excluding hydrogens is 643 g/mol.